The number of carboxylic acids is 1. The molecular formula is C10H11N3O3. The predicted molar refractivity (Wildman–Crippen MR) is 57.2 cm³/mol. The molecule has 2 aromatic heterocycles. The van der Waals surface area contributed by atoms with Gasteiger partial charge in [0.05, 0.1) is 23.7 Å². The molecule has 1 N–H and O–H groups in total. The van der Waals surface area contributed by atoms with E-state index >= 15 is 0 Å². The molecule has 0 saturated carbocycles. The quantitative estimate of drug-likeness (QED) is 0.803. The van der Waals surface area contributed by atoms with Crippen molar-refractivity contribution in [2.45, 2.75) is 13.0 Å². The van der Waals surface area contributed by atoms with Gasteiger partial charge in [-0.2, -0.15) is 0 Å². The Morgan fingerprint density at radius 1 is 1.50 bits per heavy atom. The van der Waals surface area contributed by atoms with E-state index in [4.69, 9.17) is 5.11 Å². The van der Waals surface area contributed by atoms with Crippen LogP contribution in [0, 0.1) is 0 Å². The first kappa shape index (κ1) is 10.4. The third kappa shape index (κ3) is 1.58. The second-order valence-corrected chi connectivity index (χ2v) is 3.50. The number of pyridine rings is 1. The Morgan fingerprint density at radius 3 is 2.94 bits per heavy atom. The molecule has 84 valence electrons. The largest absolute Gasteiger partial charge is 0.481 e. The highest BCUT2D eigenvalue weighted by Gasteiger charge is 2.10. The Morgan fingerprint density at radius 2 is 2.25 bits per heavy atom. The third-order valence-electron chi connectivity index (χ3n) is 2.50. The summed E-state index contributed by atoms with van der Waals surface area (Å²) in [5.41, 5.74) is 1.20. The first-order valence-electron chi connectivity index (χ1n) is 4.82. The standard InChI is InChI=1S/C10H11N3O3/c1-12-8-6-11-4-2-7(8)13(10(12)16)5-3-9(14)15/h2,4,6H,3,5H2,1H3,(H,14,15). The zero-order valence-corrected chi connectivity index (χ0v) is 8.75. The van der Waals surface area contributed by atoms with Gasteiger partial charge in [0.2, 0.25) is 0 Å². The number of hydrogen-bond donors (Lipinski definition) is 1. The van der Waals surface area contributed by atoms with Crippen molar-refractivity contribution < 1.29 is 9.90 Å². The predicted octanol–water partition coefficient (Wildman–Crippen LogP) is 0.210. The fraction of sp³-hybridized carbons (Fsp3) is 0.300. The van der Waals surface area contributed by atoms with Gasteiger partial charge >= 0.3 is 11.7 Å². The number of imidazole rings is 1. The lowest BCUT2D eigenvalue weighted by Crippen LogP contribution is -2.23. The highest BCUT2D eigenvalue weighted by atomic mass is 16.4. The van der Waals surface area contributed by atoms with Gasteiger partial charge < -0.3 is 5.11 Å². The Hall–Kier alpha value is -2.11. The van der Waals surface area contributed by atoms with E-state index in [1.165, 1.54) is 9.13 Å². The molecule has 0 unspecified atom stereocenters. The van der Waals surface area contributed by atoms with E-state index < -0.39 is 5.97 Å². The maximum Gasteiger partial charge on any atom is 0.328 e. The van der Waals surface area contributed by atoms with E-state index in [9.17, 15) is 9.59 Å². The van der Waals surface area contributed by atoms with Gasteiger partial charge in [-0.15, -0.1) is 0 Å². The number of carbonyl (C=O) groups is 1. The summed E-state index contributed by atoms with van der Waals surface area (Å²) >= 11 is 0. The molecule has 2 heterocycles. The van der Waals surface area contributed by atoms with Crippen LogP contribution in [0.5, 0.6) is 0 Å². The maximum absolute atomic E-state index is 11.8. The molecule has 0 saturated heterocycles. The first-order chi connectivity index (χ1) is 7.61. The molecule has 0 fully saturated rings. The van der Waals surface area contributed by atoms with E-state index in [2.05, 4.69) is 4.98 Å². The molecule has 0 aromatic carbocycles. The van der Waals surface area contributed by atoms with Crippen molar-refractivity contribution in [2.75, 3.05) is 0 Å². The lowest BCUT2D eigenvalue weighted by molar-refractivity contribution is -0.137. The van der Waals surface area contributed by atoms with Crippen LogP contribution in [0.1, 0.15) is 6.42 Å². The van der Waals surface area contributed by atoms with Crippen LogP contribution < -0.4 is 5.69 Å². The van der Waals surface area contributed by atoms with Crippen LogP contribution >= 0.6 is 0 Å². The number of carboxylic acid groups (broad SMARTS) is 1. The fourth-order valence-corrected chi connectivity index (χ4v) is 1.68. The number of rotatable bonds is 3. The van der Waals surface area contributed by atoms with E-state index in [1.807, 2.05) is 0 Å². The zero-order chi connectivity index (χ0) is 11.7. The Balaban J connectivity index is 2.55. The highest BCUT2D eigenvalue weighted by molar-refractivity contribution is 5.75. The number of aliphatic carboxylic acids is 1. The smallest absolute Gasteiger partial charge is 0.328 e. The molecule has 0 amide bonds. The lowest BCUT2D eigenvalue weighted by Gasteiger charge is -1.99. The molecule has 0 atom stereocenters. The fourth-order valence-electron chi connectivity index (χ4n) is 1.68. The number of aryl methyl sites for hydroxylation is 2. The minimum absolute atomic E-state index is 0.0681. The summed E-state index contributed by atoms with van der Waals surface area (Å²) in [6.45, 7) is 0.176. The van der Waals surface area contributed by atoms with Crippen molar-refractivity contribution in [2.24, 2.45) is 7.05 Å². The van der Waals surface area contributed by atoms with Gasteiger partial charge in [-0.25, -0.2) is 4.79 Å². The van der Waals surface area contributed by atoms with Gasteiger partial charge in [-0.05, 0) is 6.07 Å². The van der Waals surface area contributed by atoms with Crippen LogP contribution in [0.15, 0.2) is 23.3 Å². The van der Waals surface area contributed by atoms with Gasteiger partial charge in [-0.3, -0.25) is 18.9 Å². The summed E-state index contributed by atoms with van der Waals surface area (Å²) in [4.78, 5) is 26.2. The number of nitrogens with zero attached hydrogens (tertiary/aromatic N) is 3. The molecule has 16 heavy (non-hydrogen) atoms. The average Bonchev–Trinajstić information content (AvgIpc) is 2.50. The second kappa shape index (κ2) is 3.80. The van der Waals surface area contributed by atoms with E-state index in [-0.39, 0.29) is 18.7 Å². The van der Waals surface area contributed by atoms with Gasteiger partial charge in [0.25, 0.3) is 0 Å². The van der Waals surface area contributed by atoms with Crippen LogP contribution in [0.4, 0.5) is 0 Å². The van der Waals surface area contributed by atoms with Crippen LogP contribution in [0.2, 0.25) is 0 Å². The average molecular weight is 221 g/mol. The summed E-state index contributed by atoms with van der Waals surface area (Å²) in [6.07, 6.45) is 3.11. The Bertz CT molecular complexity index is 597. The molecule has 0 aliphatic rings. The molecule has 0 spiro atoms. The van der Waals surface area contributed by atoms with E-state index in [0.29, 0.717) is 11.0 Å². The first-order valence-corrected chi connectivity index (χ1v) is 4.82. The summed E-state index contributed by atoms with van der Waals surface area (Å²) in [5, 5.41) is 8.61. The summed E-state index contributed by atoms with van der Waals surface area (Å²) in [5.74, 6) is -0.919. The highest BCUT2D eigenvalue weighted by Crippen LogP contribution is 2.09. The van der Waals surface area contributed by atoms with Crippen molar-refractivity contribution in [1.29, 1.82) is 0 Å². The Kier molecular flexibility index (Phi) is 2.47. The van der Waals surface area contributed by atoms with Crippen LogP contribution in [0.3, 0.4) is 0 Å². The summed E-state index contributed by atoms with van der Waals surface area (Å²) in [7, 11) is 1.64. The molecule has 0 aliphatic carbocycles. The summed E-state index contributed by atoms with van der Waals surface area (Å²) < 4.78 is 2.91. The van der Waals surface area contributed by atoms with E-state index in [1.54, 1.807) is 25.5 Å². The van der Waals surface area contributed by atoms with Gasteiger partial charge in [0.1, 0.15) is 0 Å². The minimum atomic E-state index is -0.919. The number of fused-ring (bicyclic) bond motifs is 1. The van der Waals surface area contributed by atoms with Crippen LogP contribution in [-0.2, 0) is 18.4 Å². The summed E-state index contributed by atoms with van der Waals surface area (Å²) in [6, 6.07) is 1.71. The Labute approximate surface area is 90.8 Å². The number of hydrogen-bond acceptors (Lipinski definition) is 3. The molecule has 0 radical (unpaired) electrons. The van der Waals surface area contributed by atoms with Crippen LogP contribution in [-0.4, -0.2) is 25.2 Å². The second-order valence-electron chi connectivity index (χ2n) is 3.50. The lowest BCUT2D eigenvalue weighted by atomic mass is 10.4. The molecular weight excluding hydrogens is 210 g/mol. The van der Waals surface area contributed by atoms with Crippen molar-refractivity contribution >= 4 is 17.0 Å². The van der Waals surface area contributed by atoms with Crippen molar-refractivity contribution in [3.63, 3.8) is 0 Å². The molecule has 2 rings (SSSR count). The third-order valence-corrected chi connectivity index (χ3v) is 2.50. The van der Waals surface area contributed by atoms with Crippen LogP contribution in [0.25, 0.3) is 11.0 Å². The van der Waals surface area contributed by atoms with Gasteiger partial charge in [0, 0.05) is 19.8 Å². The molecule has 2 aromatic rings. The molecule has 0 bridgehead atoms. The molecule has 6 heteroatoms. The topological polar surface area (TPSA) is 77.1 Å². The minimum Gasteiger partial charge on any atom is -0.481 e. The maximum atomic E-state index is 11.8. The van der Waals surface area contributed by atoms with Gasteiger partial charge in [0.15, 0.2) is 0 Å². The molecule has 0 aliphatic heterocycles. The van der Waals surface area contributed by atoms with Crippen molar-refractivity contribution in [3.05, 3.63) is 28.9 Å². The zero-order valence-electron chi connectivity index (χ0n) is 8.75. The van der Waals surface area contributed by atoms with Crippen molar-refractivity contribution in [1.82, 2.24) is 14.1 Å². The number of aromatic nitrogens is 3. The van der Waals surface area contributed by atoms with E-state index in [0.717, 1.165) is 0 Å². The monoisotopic (exact) mass is 221 g/mol. The normalized spacial score (nSPS) is 10.8. The molecule has 6 nitrogen and oxygen atoms in total. The van der Waals surface area contributed by atoms with Gasteiger partial charge in [-0.1, -0.05) is 0 Å². The SMILES string of the molecule is Cn1c(=O)n(CCC(=O)O)c2ccncc21. The van der Waals surface area contributed by atoms with Crippen molar-refractivity contribution in [3.8, 4) is 0 Å².